The van der Waals surface area contributed by atoms with E-state index in [1.807, 2.05) is 0 Å². The first-order valence-electron chi connectivity index (χ1n) is 11.6. The highest BCUT2D eigenvalue weighted by Crippen LogP contribution is 2.26. The molecule has 5 nitrogen and oxygen atoms in total. The Balaban J connectivity index is 0.000000296. The van der Waals surface area contributed by atoms with Crippen LogP contribution in [0, 0.1) is 11.8 Å². The molecule has 3 unspecified atom stereocenters. The highest BCUT2D eigenvalue weighted by Gasteiger charge is 2.20. The van der Waals surface area contributed by atoms with Gasteiger partial charge in [0.25, 0.3) is 0 Å². The van der Waals surface area contributed by atoms with Crippen LogP contribution in [0.25, 0.3) is 0 Å². The molecular formula is C24H44O5. The summed E-state index contributed by atoms with van der Waals surface area (Å²) < 4.78 is 21.7. The van der Waals surface area contributed by atoms with Crippen molar-refractivity contribution in [1.82, 2.24) is 0 Å². The van der Waals surface area contributed by atoms with E-state index in [1.54, 1.807) is 14.2 Å². The van der Waals surface area contributed by atoms with Gasteiger partial charge in [-0.05, 0) is 56.4 Å². The second kappa shape index (κ2) is 16.8. The Morgan fingerprint density at radius 3 is 2.17 bits per heavy atom. The van der Waals surface area contributed by atoms with Crippen LogP contribution in [-0.4, -0.2) is 46.1 Å². The van der Waals surface area contributed by atoms with Crippen molar-refractivity contribution in [2.45, 2.75) is 96.9 Å². The minimum absolute atomic E-state index is 0.149. The van der Waals surface area contributed by atoms with Gasteiger partial charge in [0.15, 0.2) is 6.29 Å². The fourth-order valence-electron chi connectivity index (χ4n) is 4.02. The molecule has 2 aliphatic heterocycles. The minimum atomic E-state index is -0.149. The molecule has 2 aliphatic rings. The molecule has 0 bridgehead atoms. The molecular weight excluding hydrogens is 368 g/mol. The summed E-state index contributed by atoms with van der Waals surface area (Å²) in [6, 6.07) is 0. The molecule has 0 aromatic carbocycles. The molecule has 0 saturated carbocycles. The number of carbonyl (C=O) groups excluding carboxylic acids is 1. The zero-order valence-corrected chi connectivity index (χ0v) is 19.2. The van der Waals surface area contributed by atoms with E-state index in [-0.39, 0.29) is 6.29 Å². The van der Waals surface area contributed by atoms with Crippen LogP contribution in [-0.2, 0) is 23.7 Å². The number of allylic oxidation sites excluding steroid dienone is 1. The average molecular weight is 413 g/mol. The molecule has 170 valence electrons. The number of hydrogen-bond donors (Lipinski definition) is 0. The van der Waals surface area contributed by atoms with E-state index >= 15 is 0 Å². The molecule has 0 spiro atoms. The molecule has 0 aliphatic carbocycles. The third kappa shape index (κ3) is 11.8. The summed E-state index contributed by atoms with van der Waals surface area (Å²) >= 11 is 0. The van der Waals surface area contributed by atoms with Gasteiger partial charge in [0, 0.05) is 40.1 Å². The van der Waals surface area contributed by atoms with Crippen molar-refractivity contribution in [2.24, 2.45) is 11.8 Å². The SMILES string of the molecule is CCCC1CC/C(=C/CC(OC)OC)OC1.CCCC1CCC(CCC=O)OC1. The third-order valence-corrected chi connectivity index (χ3v) is 5.83. The molecule has 29 heavy (non-hydrogen) atoms. The Hall–Kier alpha value is -0.910. The van der Waals surface area contributed by atoms with Gasteiger partial charge in [-0.1, -0.05) is 26.7 Å². The normalized spacial score (nSPS) is 26.0. The van der Waals surface area contributed by atoms with Gasteiger partial charge >= 0.3 is 0 Å². The molecule has 0 N–H and O–H groups in total. The van der Waals surface area contributed by atoms with E-state index in [9.17, 15) is 4.79 Å². The number of rotatable bonds is 11. The lowest BCUT2D eigenvalue weighted by Gasteiger charge is -2.28. The van der Waals surface area contributed by atoms with Gasteiger partial charge in [-0.3, -0.25) is 0 Å². The fraction of sp³-hybridized carbons (Fsp3) is 0.875. The number of hydrogen-bond acceptors (Lipinski definition) is 5. The highest BCUT2D eigenvalue weighted by atomic mass is 16.7. The van der Waals surface area contributed by atoms with Crippen LogP contribution >= 0.6 is 0 Å². The van der Waals surface area contributed by atoms with Gasteiger partial charge < -0.3 is 23.7 Å². The second-order valence-electron chi connectivity index (χ2n) is 8.24. The van der Waals surface area contributed by atoms with Crippen molar-refractivity contribution < 1.29 is 23.7 Å². The molecule has 0 aromatic heterocycles. The topological polar surface area (TPSA) is 54.0 Å². The maximum Gasteiger partial charge on any atom is 0.160 e. The standard InChI is InChI=1S/C13H24O3.C11H20O2/c1-4-5-11-6-7-12(16-10-11)8-9-13(14-2)15-3;1-2-4-10-6-7-11(13-9-10)5-3-8-12/h8,11,13H,4-7,9-10H2,1-3H3;8,10-11H,2-7,9H2,1H3/b12-8-;. The zero-order chi connectivity index (χ0) is 21.3. The van der Waals surface area contributed by atoms with Crippen LogP contribution in [0.5, 0.6) is 0 Å². The Morgan fingerprint density at radius 1 is 1.00 bits per heavy atom. The maximum atomic E-state index is 10.2. The van der Waals surface area contributed by atoms with Crippen molar-refractivity contribution in [2.75, 3.05) is 27.4 Å². The number of aldehydes is 1. The van der Waals surface area contributed by atoms with E-state index in [2.05, 4.69) is 19.9 Å². The summed E-state index contributed by atoms with van der Waals surface area (Å²) in [6.45, 7) is 6.24. The molecule has 0 radical (unpaired) electrons. The van der Waals surface area contributed by atoms with Gasteiger partial charge in [-0.2, -0.15) is 0 Å². The van der Waals surface area contributed by atoms with Crippen molar-refractivity contribution in [3.63, 3.8) is 0 Å². The summed E-state index contributed by atoms with van der Waals surface area (Å²) in [4.78, 5) is 10.2. The van der Waals surface area contributed by atoms with Crippen molar-refractivity contribution in [3.8, 4) is 0 Å². The second-order valence-corrected chi connectivity index (χ2v) is 8.24. The van der Waals surface area contributed by atoms with Crippen LogP contribution in [0.15, 0.2) is 11.8 Å². The molecule has 0 amide bonds. The predicted molar refractivity (Wildman–Crippen MR) is 117 cm³/mol. The summed E-state index contributed by atoms with van der Waals surface area (Å²) in [5.74, 6) is 2.63. The van der Waals surface area contributed by atoms with Crippen molar-refractivity contribution >= 4 is 6.29 Å². The van der Waals surface area contributed by atoms with E-state index in [4.69, 9.17) is 18.9 Å². The van der Waals surface area contributed by atoms with E-state index in [0.717, 1.165) is 62.8 Å². The fourth-order valence-corrected chi connectivity index (χ4v) is 4.02. The molecule has 2 saturated heterocycles. The Morgan fingerprint density at radius 2 is 1.69 bits per heavy atom. The van der Waals surface area contributed by atoms with E-state index in [1.165, 1.54) is 38.5 Å². The zero-order valence-electron chi connectivity index (χ0n) is 19.2. The van der Waals surface area contributed by atoms with Crippen LogP contribution in [0.1, 0.15) is 84.5 Å². The summed E-state index contributed by atoms with van der Waals surface area (Å²) in [7, 11) is 3.32. The van der Waals surface area contributed by atoms with E-state index < -0.39 is 0 Å². The van der Waals surface area contributed by atoms with Gasteiger partial charge in [-0.25, -0.2) is 0 Å². The van der Waals surface area contributed by atoms with Crippen molar-refractivity contribution in [3.05, 3.63) is 11.8 Å². The molecule has 5 heteroatoms. The lowest BCUT2D eigenvalue weighted by atomic mass is 9.93. The first-order valence-corrected chi connectivity index (χ1v) is 11.6. The van der Waals surface area contributed by atoms with Gasteiger partial charge in [0.05, 0.1) is 18.5 Å². The molecule has 2 rings (SSSR count). The molecule has 2 fully saturated rings. The Kier molecular flexibility index (Phi) is 15.2. The van der Waals surface area contributed by atoms with Gasteiger partial charge in [-0.15, -0.1) is 0 Å². The van der Waals surface area contributed by atoms with E-state index in [0.29, 0.717) is 12.5 Å². The monoisotopic (exact) mass is 412 g/mol. The Labute approximate surface area is 178 Å². The first-order chi connectivity index (χ1) is 14.2. The predicted octanol–water partition coefficient (Wildman–Crippen LogP) is 5.67. The highest BCUT2D eigenvalue weighted by molar-refractivity contribution is 5.49. The van der Waals surface area contributed by atoms with Crippen LogP contribution < -0.4 is 0 Å². The van der Waals surface area contributed by atoms with Crippen LogP contribution in [0.3, 0.4) is 0 Å². The summed E-state index contributed by atoms with van der Waals surface area (Å²) in [5.41, 5.74) is 0. The molecule has 2 heterocycles. The Bertz CT molecular complexity index is 415. The summed E-state index contributed by atoms with van der Waals surface area (Å²) in [6.07, 6.45) is 15.5. The lowest BCUT2D eigenvalue weighted by molar-refractivity contribution is -0.109. The number of ether oxygens (including phenoxy) is 4. The smallest absolute Gasteiger partial charge is 0.160 e. The van der Waals surface area contributed by atoms with Crippen molar-refractivity contribution in [1.29, 1.82) is 0 Å². The largest absolute Gasteiger partial charge is 0.498 e. The van der Waals surface area contributed by atoms with Crippen LogP contribution in [0.2, 0.25) is 0 Å². The lowest BCUT2D eigenvalue weighted by Crippen LogP contribution is -2.25. The van der Waals surface area contributed by atoms with Gasteiger partial charge in [0.2, 0.25) is 0 Å². The quantitative estimate of drug-likeness (QED) is 0.323. The van der Waals surface area contributed by atoms with Gasteiger partial charge in [0.1, 0.15) is 6.29 Å². The number of methoxy groups -OCH3 is 2. The number of carbonyl (C=O) groups is 1. The third-order valence-electron chi connectivity index (χ3n) is 5.83. The minimum Gasteiger partial charge on any atom is -0.498 e. The molecule has 0 aromatic rings. The molecule has 3 atom stereocenters. The van der Waals surface area contributed by atoms with Crippen LogP contribution in [0.4, 0.5) is 0 Å². The summed E-state index contributed by atoms with van der Waals surface area (Å²) in [5, 5.41) is 0. The first kappa shape index (κ1) is 26.1. The maximum absolute atomic E-state index is 10.2. The average Bonchev–Trinajstić information content (AvgIpc) is 2.76.